The minimum Gasteiger partial charge on any atom is -0.380 e. The first-order valence-corrected chi connectivity index (χ1v) is 7.48. The number of nitrogens with one attached hydrogen (secondary N) is 1. The van der Waals surface area contributed by atoms with Crippen molar-refractivity contribution in [1.82, 2.24) is 4.90 Å². The summed E-state index contributed by atoms with van der Waals surface area (Å²) in [6.07, 6.45) is 1.06. The average Bonchev–Trinajstić information content (AvgIpc) is 2.80. The van der Waals surface area contributed by atoms with Crippen LogP contribution in [-0.4, -0.2) is 35.8 Å². The van der Waals surface area contributed by atoms with E-state index in [0.29, 0.717) is 28.7 Å². The van der Waals surface area contributed by atoms with Crippen molar-refractivity contribution in [3.8, 4) is 0 Å². The van der Waals surface area contributed by atoms with E-state index in [1.165, 1.54) is 0 Å². The number of thioether (sulfide) groups is 1. The molecule has 19 heavy (non-hydrogen) atoms. The SMILES string of the molecule is CC(C)N1CCC(Nc2ccccc2SC(F)F)C1. The summed E-state index contributed by atoms with van der Waals surface area (Å²) >= 11 is 0.606. The normalized spacial score (nSPS) is 20.4. The average molecular weight is 286 g/mol. The third-order valence-corrected chi connectivity index (χ3v) is 4.20. The van der Waals surface area contributed by atoms with E-state index in [1.54, 1.807) is 12.1 Å². The van der Waals surface area contributed by atoms with E-state index >= 15 is 0 Å². The molecule has 1 atom stereocenters. The predicted molar refractivity (Wildman–Crippen MR) is 77.0 cm³/mol. The lowest BCUT2D eigenvalue weighted by atomic mass is 10.2. The van der Waals surface area contributed by atoms with E-state index in [2.05, 4.69) is 24.1 Å². The number of hydrogen-bond acceptors (Lipinski definition) is 3. The number of anilines is 1. The van der Waals surface area contributed by atoms with E-state index in [1.807, 2.05) is 12.1 Å². The third-order valence-electron chi connectivity index (χ3n) is 3.41. The maximum absolute atomic E-state index is 12.5. The van der Waals surface area contributed by atoms with Crippen LogP contribution in [0.15, 0.2) is 29.2 Å². The zero-order valence-electron chi connectivity index (χ0n) is 11.3. The van der Waals surface area contributed by atoms with E-state index in [4.69, 9.17) is 0 Å². The van der Waals surface area contributed by atoms with Crippen LogP contribution in [0.4, 0.5) is 14.5 Å². The van der Waals surface area contributed by atoms with Gasteiger partial charge in [0.15, 0.2) is 0 Å². The molecular formula is C14H20F2N2S. The molecule has 0 saturated carbocycles. The van der Waals surface area contributed by atoms with E-state index < -0.39 is 5.76 Å². The van der Waals surface area contributed by atoms with Crippen molar-refractivity contribution in [3.63, 3.8) is 0 Å². The first-order chi connectivity index (χ1) is 9.06. The summed E-state index contributed by atoms with van der Waals surface area (Å²) in [6.45, 7) is 6.41. The Morgan fingerprint density at radius 3 is 2.68 bits per heavy atom. The maximum atomic E-state index is 12.5. The van der Waals surface area contributed by atoms with Gasteiger partial charge in [0.1, 0.15) is 0 Å². The van der Waals surface area contributed by atoms with Crippen LogP contribution in [0.3, 0.4) is 0 Å². The molecule has 2 nitrogen and oxygen atoms in total. The lowest BCUT2D eigenvalue weighted by molar-refractivity contribution is 0.252. The second-order valence-electron chi connectivity index (χ2n) is 5.09. The fourth-order valence-corrected chi connectivity index (χ4v) is 2.98. The zero-order valence-corrected chi connectivity index (χ0v) is 12.1. The summed E-state index contributed by atoms with van der Waals surface area (Å²) in [5.74, 6) is -2.38. The van der Waals surface area contributed by atoms with Crippen molar-refractivity contribution in [2.24, 2.45) is 0 Å². The molecule has 0 radical (unpaired) electrons. The lowest BCUT2D eigenvalue weighted by Crippen LogP contribution is -2.31. The molecule has 1 saturated heterocycles. The molecule has 1 fully saturated rings. The van der Waals surface area contributed by atoms with Crippen LogP contribution in [0.1, 0.15) is 20.3 Å². The minimum absolute atomic E-state index is 0.349. The third kappa shape index (κ3) is 4.08. The Kier molecular flexibility index (Phi) is 5.05. The monoisotopic (exact) mass is 286 g/mol. The number of hydrogen-bond donors (Lipinski definition) is 1. The summed E-state index contributed by atoms with van der Waals surface area (Å²) in [4.78, 5) is 3.03. The molecule has 1 unspecified atom stereocenters. The van der Waals surface area contributed by atoms with E-state index in [0.717, 1.165) is 25.2 Å². The van der Waals surface area contributed by atoms with Crippen LogP contribution in [0.5, 0.6) is 0 Å². The predicted octanol–water partition coefficient (Wildman–Crippen LogP) is 3.90. The number of rotatable bonds is 5. The second kappa shape index (κ2) is 6.57. The van der Waals surface area contributed by atoms with Gasteiger partial charge >= 0.3 is 0 Å². The van der Waals surface area contributed by atoms with Crippen LogP contribution in [-0.2, 0) is 0 Å². The number of para-hydroxylation sites is 1. The van der Waals surface area contributed by atoms with Gasteiger partial charge in [0.05, 0.1) is 0 Å². The van der Waals surface area contributed by atoms with Crippen molar-refractivity contribution in [2.75, 3.05) is 18.4 Å². The Bertz CT molecular complexity index is 412. The van der Waals surface area contributed by atoms with Crippen molar-refractivity contribution < 1.29 is 8.78 Å². The lowest BCUT2D eigenvalue weighted by Gasteiger charge is -2.21. The topological polar surface area (TPSA) is 15.3 Å². The Morgan fingerprint density at radius 1 is 1.32 bits per heavy atom. The van der Waals surface area contributed by atoms with Crippen LogP contribution in [0.2, 0.25) is 0 Å². The number of nitrogens with zero attached hydrogens (tertiary/aromatic N) is 1. The van der Waals surface area contributed by atoms with Crippen LogP contribution in [0, 0.1) is 0 Å². The maximum Gasteiger partial charge on any atom is 0.288 e. The smallest absolute Gasteiger partial charge is 0.288 e. The molecule has 0 aliphatic carbocycles. The first-order valence-electron chi connectivity index (χ1n) is 6.60. The Morgan fingerprint density at radius 2 is 2.05 bits per heavy atom. The number of halogens is 2. The van der Waals surface area contributed by atoms with Gasteiger partial charge in [-0.05, 0) is 32.4 Å². The van der Waals surface area contributed by atoms with Crippen molar-refractivity contribution in [2.45, 2.75) is 43.0 Å². The van der Waals surface area contributed by atoms with Gasteiger partial charge < -0.3 is 5.32 Å². The molecule has 1 heterocycles. The van der Waals surface area contributed by atoms with E-state index in [-0.39, 0.29) is 0 Å². The summed E-state index contributed by atoms with van der Waals surface area (Å²) in [5, 5.41) is 3.40. The molecule has 0 amide bonds. The molecular weight excluding hydrogens is 266 g/mol. The first kappa shape index (κ1) is 14.6. The van der Waals surface area contributed by atoms with E-state index in [9.17, 15) is 8.78 Å². The summed E-state index contributed by atoms with van der Waals surface area (Å²) in [6, 6.07) is 8.19. The number of benzene rings is 1. The molecule has 1 aromatic rings. The van der Waals surface area contributed by atoms with Crippen molar-refractivity contribution in [1.29, 1.82) is 0 Å². The van der Waals surface area contributed by atoms with Gasteiger partial charge in [-0.2, -0.15) is 8.78 Å². The van der Waals surface area contributed by atoms with Gasteiger partial charge in [0.25, 0.3) is 5.76 Å². The molecule has 0 aromatic heterocycles. The van der Waals surface area contributed by atoms with Crippen molar-refractivity contribution >= 4 is 17.4 Å². The Hall–Kier alpha value is -0.810. The molecule has 1 N–H and O–H groups in total. The minimum atomic E-state index is -2.38. The van der Waals surface area contributed by atoms with Gasteiger partial charge in [-0.15, -0.1) is 0 Å². The van der Waals surface area contributed by atoms with Crippen LogP contribution >= 0.6 is 11.8 Å². The zero-order chi connectivity index (χ0) is 13.8. The summed E-state index contributed by atoms with van der Waals surface area (Å²) < 4.78 is 25.0. The van der Waals surface area contributed by atoms with Gasteiger partial charge in [0.2, 0.25) is 0 Å². The highest BCUT2D eigenvalue weighted by molar-refractivity contribution is 7.99. The Balaban J connectivity index is 2.00. The number of alkyl halides is 2. The highest BCUT2D eigenvalue weighted by Crippen LogP contribution is 2.32. The molecule has 0 spiro atoms. The molecule has 5 heteroatoms. The molecule has 106 valence electrons. The number of likely N-dealkylation sites (tertiary alicyclic amines) is 1. The summed E-state index contributed by atoms with van der Waals surface area (Å²) in [5.41, 5.74) is 0.823. The van der Waals surface area contributed by atoms with Crippen LogP contribution < -0.4 is 5.32 Å². The quantitative estimate of drug-likeness (QED) is 0.827. The van der Waals surface area contributed by atoms with Crippen LogP contribution in [0.25, 0.3) is 0 Å². The highest BCUT2D eigenvalue weighted by Gasteiger charge is 2.24. The van der Waals surface area contributed by atoms with Gasteiger partial charge in [-0.25, -0.2) is 0 Å². The molecule has 0 bridgehead atoms. The largest absolute Gasteiger partial charge is 0.380 e. The van der Waals surface area contributed by atoms with Gasteiger partial charge in [-0.1, -0.05) is 23.9 Å². The molecule has 1 aliphatic heterocycles. The fraction of sp³-hybridized carbons (Fsp3) is 0.571. The molecule has 1 aromatic carbocycles. The van der Waals surface area contributed by atoms with Crippen molar-refractivity contribution in [3.05, 3.63) is 24.3 Å². The van der Waals surface area contributed by atoms with Gasteiger partial charge in [-0.3, -0.25) is 4.90 Å². The standard InChI is InChI=1S/C14H20F2N2S/c1-10(2)18-8-7-11(9-18)17-12-5-3-4-6-13(12)19-14(15)16/h3-6,10-11,14,17H,7-9H2,1-2H3. The van der Waals surface area contributed by atoms with Gasteiger partial charge in [0, 0.05) is 35.8 Å². The second-order valence-corrected chi connectivity index (χ2v) is 6.13. The highest BCUT2D eigenvalue weighted by atomic mass is 32.2. The molecule has 1 aliphatic rings. The molecule has 2 rings (SSSR count). The summed E-state index contributed by atoms with van der Waals surface area (Å²) in [7, 11) is 0. The Labute approximate surface area is 117 Å². The fourth-order valence-electron chi connectivity index (χ4n) is 2.38.